The third-order valence-electron chi connectivity index (χ3n) is 1.99. The number of carbonyl (C=O) groups is 1. The molecule has 0 aromatic carbocycles. The van der Waals surface area contributed by atoms with Gasteiger partial charge in [-0.1, -0.05) is 0 Å². The third-order valence-corrected chi connectivity index (χ3v) is 3.03. The Morgan fingerprint density at radius 1 is 1.24 bits per heavy atom. The van der Waals surface area contributed by atoms with Crippen LogP contribution in [-0.2, 0) is 0 Å². The lowest BCUT2D eigenvalue weighted by molar-refractivity contribution is 0.102. The summed E-state index contributed by atoms with van der Waals surface area (Å²) in [5, 5.41) is 2.74. The lowest BCUT2D eigenvalue weighted by Gasteiger charge is -2.06. The molecule has 0 aliphatic heterocycles. The average molecular weight is 357 g/mol. The van der Waals surface area contributed by atoms with E-state index in [0.29, 0.717) is 20.5 Å². The molecule has 17 heavy (non-hydrogen) atoms. The number of rotatable bonds is 2. The van der Waals surface area contributed by atoms with Crippen molar-refractivity contribution < 1.29 is 4.79 Å². The molecule has 0 radical (unpaired) electrons. The lowest BCUT2D eigenvalue weighted by Crippen LogP contribution is -2.12. The zero-order chi connectivity index (χ0) is 12.3. The Morgan fingerprint density at radius 2 is 2.06 bits per heavy atom. The van der Waals surface area contributed by atoms with Gasteiger partial charge in [0.25, 0.3) is 5.91 Å². The van der Waals surface area contributed by atoms with Gasteiger partial charge in [0.15, 0.2) is 0 Å². The van der Waals surface area contributed by atoms with Gasteiger partial charge in [0, 0.05) is 12.4 Å². The number of hydrogen-bond donors (Lipinski definition) is 1. The number of pyridine rings is 2. The fourth-order valence-electron chi connectivity index (χ4n) is 1.20. The van der Waals surface area contributed by atoms with Gasteiger partial charge in [-0.3, -0.25) is 9.78 Å². The standard InChI is InChI=1S/C11H7Br2N3O/c12-9-4-3-8(10(13)16-9)15-11(17)7-2-1-5-14-6-7/h1-6H,(H,15,17). The first kappa shape index (κ1) is 12.2. The number of hydrogen-bond acceptors (Lipinski definition) is 3. The van der Waals surface area contributed by atoms with E-state index in [1.54, 1.807) is 30.5 Å². The molecule has 86 valence electrons. The number of nitrogens with one attached hydrogen (secondary N) is 1. The number of amides is 1. The molecule has 0 unspecified atom stereocenters. The van der Waals surface area contributed by atoms with E-state index in [1.165, 1.54) is 6.20 Å². The van der Waals surface area contributed by atoms with Gasteiger partial charge < -0.3 is 5.32 Å². The molecule has 0 fully saturated rings. The number of anilines is 1. The highest BCUT2D eigenvalue weighted by Crippen LogP contribution is 2.22. The summed E-state index contributed by atoms with van der Waals surface area (Å²) in [6.45, 7) is 0. The topological polar surface area (TPSA) is 54.9 Å². The van der Waals surface area contributed by atoms with Crippen LogP contribution in [0.25, 0.3) is 0 Å². The molecule has 2 aromatic rings. The summed E-state index contributed by atoms with van der Waals surface area (Å²) < 4.78 is 1.27. The second kappa shape index (κ2) is 5.37. The van der Waals surface area contributed by atoms with Crippen molar-refractivity contribution >= 4 is 43.5 Å². The molecule has 0 atom stereocenters. The van der Waals surface area contributed by atoms with Gasteiger partial charge in [-0.15, -0.1) is 0 Å². The molecule has 2 aromatic heterocycles. The Bertz CT molecular complexity index is 546. The summed E-state index contributed by atoms with van der Waals surface area (Å²) in [4.78, 5) is 19.9. The maximum absolute atomic E-state index is 11.8. The first-order valence-electron chi connectivity index (χ1n) is 4.70. The highest BCUT2D eigenvalue weighted by atomic mass is 79.9. The summed E-state index contributed by atoms with van der Waals surface area (Å²) in [5.74, 6) is -0.220. The van der Waals surface area contributed by atoms with Crippen molar-refractivity contribution in [3.05, 3.63) is 51.4 Å². The molecule has 2 heterocycles. The quantitative estimate of drug-likeness (QED) is 0.840. The van der Waals surface area contributed by atoms with Crippen molar-refractivity contribution in [2.24, 2.45) is 0 Å². The molecule has 0 saturated carbocycles. The van der Waals surface area contributed by atoms with Gasteiger partial charge in [0.05, 0.1) is 11.3 Å². The molecular formula is C11H7Br2N3O. The van der Waals surface area contributed by atoms with Crippen LogP contribution in [0.2, 0.25) is 0 Å². The van der Waals surface area contributed by atoms with Crippen LogP contribution in [0.3, 0.4) is 0 Å². The van der Waals surface area contributed by atoms with E-state index in [4.69, 9.17) is 0 Å². The number of carbonyl (C=O) groups excluding carboxylic acids is 1. The zero-order valence-electron chi connectivity index (χ0n) is 8.52. The molecule has 1 N–H and O–H groups in total. The average Bonchev–Trinajstić information content (AvgIpc) is 2.34. The van der Waals surface area contributed by atoms with Gasteiger partial charge in [-0.2, -0.15) is 0 Å². The van der Waals surface area contributed by atoms with Crippen molar-refractivity contribution in [3.8, 4) is 0 Å². The van der Waals surface area contributed by atoms with Crippen LogP contribution >= 0.6 is 31.9 Å². The molecule has 2 rings (SSSR count). The smallest absolute Gasteiger partial charge is 0.257 e. The second-order valence-electron chi connectivity index (χ2n) is 3.17. The molecule has 6 heteroatoms. The van der Waals surface area contributed by atoms with Crippen LogP contribution < -0.4 is 5.32 Å². The van der Waals surface area contributed by atoms with E-state index in [-0.39, 0.29) is 5.91 Å². The highest BCUT2D eigenvalue weighted by Gasteiger charge is 2.08. The van der Waals surface area contributed by atoms with Crippen LogP contribution in [0.15, 0.2) is 45.9 Å². The molecular weight excluding hydrogens is 350 g/mol. The Hall–Kier alpha value is -1.27. The fraction of sp³-hybridized carbons (Fsp3) is 0. The predicted molar refractivity (Wildman–Crippen MR) is 71.8 cm³/mol. The van der Waals surface area contributed by atoms with E-state index in [1.807, 2.05) is 0 Å². The predicted octanol–water partition coefficient (Wildman–Crippen LogP) is 3.25. The second-order valence-corrected chi connectivity index (χ2v) is 4.73. The maximum atomic E-state index is 11.8. The van der Waals surface area contributed by atoms with Crippen LogP contribution in [0.5, 0.6) is 0 Å². The lowest BCUT2D eigenvalue weighted by atomic mass is 10.2. The van der Waals surface area contributed by atoms with Gasteiger partial charge in [0.1, 0.15) is 9.21 Å². The van der Waals surface area contributed by atoms with Crippen LogP contribution in [-0.4, -0.2) is 15.9 Å². The largest absolute Gasteiger partial charge is 0.320 e. The van der Waals surface area contributed by atoms with Crippen molar-refractivity contribution in [3.63, 3.8) is 0 Å². The van der Waals surface area contributed by atoms with Crippen LogP contribution in [0.1, 0.15) is 10.4 Å². The summed E-state index contributed by atoms with van der Waals surface area (Å²) in [7, 11) is 0. The minimum atomic E-state index is -0.220. The normalized spacial score (nSPS) is 10.0. The van der Waals surface area contributed by atoms with E-state index in [9.17, 15) is 4.79 Å². The summed E-state index contributed by atoms with van der Waals surface area (Å²) in [6, 6.07) is 6.92. The Balaban J connectivity index is 2.19. The first-order valence-corrected chi connectivity index (χ1v) is 6.29. The maximum Gasteiger partial charge on any atom is 0.257 e. The van der Waals surface area contributed by atoms with Crippen molar-refractivity contribution in [2.45, 2.75) is 0 Å². The Morgan fingerprint density at radius 3 is 2.71 bits per heavy atom. The zero-order valence-corrected chi connectivity index (χ0v) is 11.7. The summed E-state index contributed by atoms with van der Waals surface area (Å²) >= 11 is 6.52. The van der Waals surface area contributed by atoms with Gasteiger partial charge in [-0.05, 0) is 56.1 Å². The van der Waals surface area contributed by atoms with E-state index < -0.39 is 0 Å². The summed E-state index contributed by atoms with van der Waals surface area (Å²) in [5.41, 5.74) is 1.12. The molecule has 0 bridgehead atoms. The van der Waals surface area contributed by atoms with Crippen LogP contribution in [0, 0.1) is 0 Å². The fourth-order valence-corrected chi connectivity index (χ4v) is 2.17. The number of nitrogens with zero attached hydrogens (tertiary/aromatic N) is 2. The van der Waals surface area contributed by atoms with Gasteiger partial charge in [-0.25, -0.2) is 4.98 Å². The van der Waals surface area contributed by atoms with Crippen LogP contribution in [0.4, 0.5) is 5.69 Å². The minimum Gasteiger partial charge on any atom is -0.320 e. The van der Waals surface area contributed by atoms with Crippen molar-refractivity contribution in [1.29, 1.82) is 0 Å². The molecule has 0 aliphatic rings. The van der Waals surface area contributed by atoms with Gasteiger partial charge >= 0.3 is 0 Å². The van der Waals surface area contributed by atoms with E-state index in [0.717, 1.165) is 0 Å². The van der Waals surface area contributed by atoms with E-state index >= 15 is 0 Å². The van der Waals surface area contributed by atoms with E-state index in [2.05, 4.69) is 47.1 Å². The van der Waals surface area contributed by atoms with Gasteiger partial charge in [0.2, 0.25) is 0 Å². The minimum absolute atomic E-state index is 0.220. The SMILES string of the molecule is O=C(Nc1ccc(Br)nc1Br)c1cccnc1. The molecule has 0 aliphatic carbocycles. The summed E-state index contributed by atoms with van der Waals surface area (Å²) in [6.07, 6.45) is 3.13. The molecule has 1 amide bonds. The first-order chi connectivity index (χ1) is 8.16. The Labute approximate surface area is 115 Å². The monoisotopic (exact) mass is 355 g/mol. The number of aromatic nitrogens is 2. The number of halogens is 2. The molecule has 0 spiro atoms. The third kappa shape index (κ3) is 3.10. The molecule has 0 saturated heterocycles. The van der Waals surface area contributed by atoms with Crippen molar-refractivity contribution in [2.75, 3.05) is 5.32 Å². The highest BCUT2D eigenvalue weighted by molar-refractivity contribution is 9.11. The molecule has 4 nitrogen and oxygen atoms in total. The Kier molecular flexibility index (Phi) is 3.86. The van der Waals surface area contributed by atoms with Crippen molar-refractivity contribution in [1.82, 2.24) is 9.97 Å².